The van der Waals surface area contributed by atoms with Crippen molar-refractivity contribution < 1.29 is 0 Å². The molecular weight excluding hydrogens is 283 g/mol. The SMILES string of the molecule is Bc1nc2cc(Br)c(Br)cc2[nH]1. The summed E-state index contributed by atoms with van der Waals surface area (Å²) >= 11 is 6.86. The third kappa shape index (κ3) is 1.31. The Labute approximate surface area is 87.4 Å². The number of hydrogen-bond acceptors (Lipinski definition) is 1. The zero-order valence-corrected chi connectivity index (χ0v) is 9.53. The maximum atomic E-state index is 4.31. The Hall–Kier alpha value is -0.285. The smallest absolute Gasteiger partial charge is 0.186 e. The fourth-order valence-electron chi connectivity index (χ4n) is 1.13. The maximum absolute atomic E-state index is 4.31. The van der Waals surface area contributed by atoms with Crippen molar-refractivity contribution in [2.45, 2.75) is 0 Å². The summed E-state index contributed by atoms with van der Waals surface area (Å²) in [7, 11) is 1.95. The van der Waals surface area contributed by atoms with Crippen LogP contribution in [0.5, 0.6) is 0 Å². The van der Waals surface area contributed by atoms with Gasteiger partial charge in [-0.05, 0) is 44.0 Å². The van der Waals surface area contributed by atoms with Crippen molar-refractivity contribution in [3.8, 4) is 0 Å². The van der Waals surface area contributed by atoms with Crippen LogP contribution in [-0.2, 0) is 0 Å². The van der Waals surface area contributed by atoms with Crippen LogP contribution < -0.4 is 5.72 Å². The third-order valence-corrected chi connectivity index (χ3v) is 3.49. The molecule has 1 aromatic carbocycles. The first-order valence-corrected chi connectivity index (χ1v) is 5.07. The Morgan fingerprint density at radius 2 is 1.92 bits per heavy atom. The summed E-state index contributed by atoms with van der Waals surface area (Å²) in [5.41, 5.74) is 2.99. The van der Waals surface area contributed by atoms with Crippen LogP contribution in [0.25, 0.3) is 11.0 Å². The largest absolute Gasteiger partial charge is 0.351 e. The van der Waals surface area contributed by atoms with E-state index < -0.39 is 0 Å². The number of aromatic amines is 1. The molecule has 0 spiro atoms. The number of hydrogen-bond donors (Lipinski definition) is 1. The minimum Gasteiger partial charge on any atom is -0.351 e. The van der Waals surface area contributed by atoms with Gasteiger partial charge in [-0.3, -0.25) is 0 Å². The first-order chi connectivity index (χ1) is 5.66. The molecule has 2 rings (SSSR count). The lowest BCUT2D eigenvalue weighted by Crippen LogP contribution is -2.04. The van der Waals surface area contributed by atoms with Crippen molar-refractivity contribution in [2.24, 2.45) is 0 Å². The van der Waals surface area contributed by atoms with Crippen molar-refractivity contribution >= 4 is 56.5 Å². The molecule has 0 bridgehead atoms. The van der Waals surface area contributed by atoms with Gasteiger partial charge in [-0.25, -0.2) is 4.98 Å². The van der Waals surface area contributed by atoms with Gasteiger partial charge in [0, 0.05) is 8.95 Å². The van der Waals surface area contributed by atoms with Crippen LogP contribution in [0.15, 0.2) is 21.1 Å². The average molecular weight is 288 g/mol. The molecule has 60 valence electrons. The second-order valence-corrected chi connectivity index (χ2v) is 4.31. The van der Waals surface area contributed by atoms with E-state index >= 15 is 0 Å². The van der Waals surface area contributed by atoms with Crippen molar-refractivity contribution in [3.05, 3.63) is 21.1 Å². The van der Waals surface area contributed by atoms with E-state index in [-0.39, 0.29) is 0 Å². The molecule has 0 atom stereocenters. The van der Waals surface area contributed by atoms with E-state index in [0.717, 1.165) is 25.7 Å². The monoisotopic (exact) mass is 286 g/mol. The Morgan fingerprint density at radius 1 is 1.25 bits per heavy atom. The van der Waals surface area contributed by atoms with Gasteiger partial charge in [-0.1, -0.05) is 0 Å². The van der Waals surface area contributed by atoms with Gasteiger partial charge < -0.3 is 4.98 Å². The topological polar surface area (TPSA) is 28.7 Å². The summed E-state index contributed by atoms with van der Waals surface area (Å²) in [6.45, 7) is 0. The normalized spacial score (nSPS) is 10.8. The van der Waals surface area contributed by atoms with Crippen LogP contribution in [0.2, 0.25) is 0 Å². The molecule has 0 saturated heterocycles. The first-order valence-electron chi connectivity index (χ1n) is 3.48. The second-order valence-electron chi connectivity index (χ2n) is 2.61. The highest BCUT2D eigenvalue weighted by Gasteiger charge is 2.02. The van der Waals surface area contributed by atoms with E-state index in [1.54, 1.807) is 0 Å². The van der Waals surface area contributed by atoms with Gasteiger partial charge in [0.1, 0.15) is 0 Å². The van der Waals surface area contributed by atoms with E-state index in [0.29, 0.717) is 0 Å². The van der Waals surface area contributed by atoms with E-state index in [1.807, 2.05) is 20.0 Å². The molecule has 1 heterocycles. The minimum atomic E-state index is 0.940. The Kier molecular flexibility index (Phi) is 2.00. The highest BCUT2D eigenvalue weighted by atomic mass is 79.9. The Bertz CT molecular complexity index is 399. The molecule has 0 aliphatic heterocycles. The summed E-state index contributed by atoms with van der Waals surface area (Å²) in [6, 6.07) is 4.00. The summed E-state index contributed by atoms with van der Waals surface area (Å²) in [5, 5.41) is 0. The number of rotatable bonds is 0. The van der Waals surface area contributed by atoms with Gasteiger partial charge >= 0.3 is 0 Å². The molecule has 12 heavy (non-hydrogen) atoms. The second kappa shape index (κ2) is 2.89. The molecule has 0 unspecified atom stereocenters. The molecule has 5 heteroatoms. The van der Waals surface area contributed by atoms with Gasteiger partial charge in [0.05, 0.1) is 16.8 Å². The Morgan fingerprint density at radius 3 is 2.67 bits per heavy atom. The summed E-state index contributed by atoms with van der Waals surface area (Å²) in [5.74, 6) is 0. The molecule has 0 fully saturated rings. The highest BCUT2D eigenvalue weighted by Crippen LogP contribution is 2.26. The molecule has 0 saturated carbocycles. The lowest BCUT2D eigenvalue weighted by atomic mass is 10.1. The number of benzene rings is 1. The van der Waals surface area contributed by atoms with Crippen molar-refractivity contribution in [1.82, 2.24) is 9.97 Å². The van der Waals surface area contributed by atoms with Crippen LogP contribution in [0, 0.1) is 0 Å². The first kappa shape index (κ1) is 8.32. The maximum Gasteiger partial charge on any atom is 0.186 e. The van der Waals surface area contributed by atoms with Gasteiger partial charge in [0.2, 0.25) is 0 Å². The predicted octanol–water partition coefficient (Wildman–Crippen LogP) is 1.35. The minimum absolute atomic E-state index is 0.940. The van der Waals surface area contributed by atoms with E-state index in [1.165, 1.54) is 0 Å². The van der Waals surface area contributed by atoms with Crippen LogP contribution in [-0.4, -0.2) is 17.8 Å². The molecule has 2 nitrogen and oxygen atoms in total. The summed E-state index contributed by atoms with van der Waals surface area (Å²) in [6.07, 6.45) is 0. The van der Waals surface area contributed by atoms with Crippen LogP contribution in [0.4, 0.5) is 0 Å². The lowest BCUT2D eigenvalue weighted by Gasteiger charge is -1.93. The van der Waals surface area contributed by atoms with E-state index in [9.17, 15) is 0 Å². The zero-order valence-electron chi connectivity index (χ0n) is 6.36. The number of imidazole rings is 1. The average Bonchev–Trinajstić information content (AvgIpc) is 2.30. The fourth-order valence-corrected chi connectivity index (χ4v) is 1.81. The van der Waals surface area contributed by atoms with Gasteiger partial charge in [-0.2, -0.15) is 0 Å². The summed E-state index contributed by atoms with van der Waals surface area (Å²) < 4.78 is 2.07. The molecular formula is C7H5BBr2N2. The number of fused-ring (bicyclic) bond motifs is 1. The fraction of sp³-hybridized carbons (Fsp3) is 0. The molecule has 1 N–H and O–H groups in total. The van der Waals surface area contributed by atoms with E-state index in [4.69, 9.17) is 0 Å². The summed E-state index contributed by atoms with van der Waals surface area (Å²) in [4.78, 5) is 7.47. The molecule has 0 radical (unpaired) electrons. The van der Waals surface area contributed by atoms with Crippen LogP contribution in [0.1, 0.15) is 0 Å². The van der Waals surface area contributed by atoms with Crippen LogP contribution in [0.3, 0.4) is 0 Å². The van der Waals surface area contributed by atoms with Gasteiger partial charge in [0.15, 0.2) is 7.85 Å². The van der Waals surface area contributed by atoms with Gasteiger partial charge in [0.25, 0.3) is 0 Å². The Balaban J connectivity index is 2.83. The van der Waals surface area contributed by atoms with Crippen molar-refractivity contribution in [3.63, 3.8) is 0 Å². The predicted molar refractivity (Wildman–Crippen MR) is 59.7 cm³/mol. The highest BCUT2D eigenvalue weighted by molar-refractivity contribution is 9.13. The number of halogens is 2. The molecule has 1 aromatic heterocycles. The molecule has 0 amide bonds. The quantitative estimate of drug-likeness (QED) is 0.728. The zero-order chi connectivity index (χ0) is 8.72. The molecule has 0 aliphatic carbocycles. The number of aromatic nitrogens is 2. The molecule has 2 aromatic rings. The lowest BCUT2D eigenvalue weighted by molar-refractivity contribution is 1.44. The van der Waals surface area contributed by atoms with E-state index in [2.05, 4.69) is 41.8 Å². The van der Waals surface area contributed by atoms with Crippen molar-refractivity contribution in [2.75, 3.05) is 0 Å². The number of nitrogens with one attached hydrogen (secondary N) is 1. The van der Waals surface area contributed by atoms with Crippen LogP contribution >= 0.6 is 31.9 Å². The third-order valence-electron chi connectivity index (χ3n) is 1.64. The molecule has 0 aliphatic rings. The van der Waals surface area contributed by atoms with Crippen molar-refractivity contribution in [1.29, 1.82) is 0 Å². The number of H-pyrrole nitrogens is 1. The standard InChI is InChI=1S/C7H5BBr2N2/c8-7-11-5-1-3(9)4(10)2-6(5)12-7/h1-2H,8H2,(H,11,12). The number of nitrogens with zero attached hydrogens (tertiary/aromatic N) is 1. The van der Waals surface area contributed by atoms with Gasteiger partial charge in [-0.15, -0.1) is 0 Å².